The Morgan fingerprint density at radius 2 is 2.00 bits per heavy atom. The monoisotopic (exact) mass is 256 g/mol. The van der Waals surface area contributed by atoms with Crippen molar-refractivity contribution >= 4 is 0 Å². The van der Waals surface area contributed by atoms with E-state index in [1.54, 1.807) is 0 Å². The van der Waals surface area contributed by atoms with Gasteiger partial charge in [-0.25, -0.2) is 0 Å². The maximum Gasteiger partial charge on any atom is 0.0701 e. The van der Waals surface area contributed by atoms with Crippen molar-refractivity contribution in [3.63, 3.8) is 0 Å². The minimum absolute atomic E-state index is 0.143. The topological polar surface area (TPSA) is 44.7 Å². The van der Waals surface area contributed by atoms with Gasteiger partial charge in [0.2, 0.25) is 0 Å². The standard InChI is InChI=1S/C14H28N2O2/c1-12(10-15-13-2-3-13)11-16-6-4-14(5-7-16)18-9-8-17/h12-15,17H,2-11H2,1H3. The lowest BCUT2D eigenvalue weighted by Gasteiger charge is -2.33. The molecule has 4 nitrogen and oxygen atoms in total. The average Bonchev–Trinajstić information content (AvgIpc) is 3.20. The molecular weight excluding hydrogens is 228 g/mol. The number of piperidine rings is 1. The van der Waals surface area contributed by atoms with E-state index in [1.165, 1.54) is 19.4 Å². The molecule has 0 aromatic heterocycles. The number of ether oxygens (including phenoxy) is 1. The van der Waals surface area contributed by atoms with Gasteiger partial charge < -0.3 is 20.1 Å². The third-order valence-corrected chi connectivity index (χ3v) is 3.88. The van der Waals surface area contributed by atoms with E-state index in [2.05, 4.69) is 17.1 Å². The average molecular weight is 256 g/mol. The third kappa shape index (κ3) is 5.22. The fourth-order valence-electron chi connectivity index (χ4n) is 2.64. The van der Waals surface area contributed by atoms with Gasteiger partial charge in [0.05, 0.1) is 19.3 Å². The molecule has 2 aliphatic rings. The number of nitrogens with zero attached hydrogens (tertiary/aromatic N) is 1. The first-order valence-electron chi connectivity index (χ1n) is 7.46. The number of aliphatic hydroxyl groups excluding tert-OH is 1. The highest BCUT2D eigenvalue weighted by atomic mass is 16.5. The molecule has 0 radical (unpaired) electrons. The minimum Gasteiger partial charge on any atom is -0.394 e. The Bertz CT molecular complexity index is 226. The molecule has 0 amide bonds. The Labute approximate surface area is 111 Å². The van der Waals surface area contributed by atoms with Crippen molar-refractivity contribution in [1.82, 2.24) is 10.2 Å². The second-order valence-corrected chi connectivity index (χ2v) is 5.88. The van der Waals surface area contributed by atoms with Crippen molar-refractivity contribution in [3.8, 4) is 0 Å². The van der Waals surface area contributed by atoms with Gasteiger partial charge in [-0.2, -0.15) is 0 Å². The van der Waals surface area contributed by atoms with Gasteiger partial charge in [0.1, 0.15) is 0 Å². The molecule has 1 aliphatic carbocycles. The van der Waals surface area contributed by atoms with E-state index < -0.39 is 0 Å². The summed E-state index contributed by atoms with van der Waals surface area (Å²) >= 11 is 0. The van der Waals surface area contributed by atoms with E-state index >= 15 is 0 Å². The highest BCUT2D eigenvalue weighted by molar-refractivity contribution is 4.82. The number of aliphatic hydroxyl groups is 1. The quantitative estimate of drug-likeness (QED) is 0.676. The summed E-state index contributed by atoms with van der Waals surface area (Å²) in [5.74, 6) is 0.737. The van der Waals surface area contributed by atoms with Crippen LogP contribution >= 0.6 is 0 Å². The van der Waals surface area contributed by atoms with Crippen LogP contribution in [0.25, 0.3) is 0 Å². The molecule has 106 valence electrons. The third-order valence-electron chi connectivity index (χ3n) is 3.88. The summed E-state index contributed by atoms with van der Waals surface area (Å²) in [4.78, 5) is 2.55. The van der Waals surface area contributed by atoms with Crippen LogP contribution in [0.5, 0.6) is 0 Å². The van der Waals surface area contributed by atoms with Crippen LogP contribution in [0, 0.1) is 5.92 Å². The van der Waals surface area contributed by atoms with E-state index in [4.69, 9.17) is 9.84 Å². The molecule has 18 heavy (non-hydrogen) atoms. The van der Waals surface area contributed by atoms with Gasteiger partial charge in [0, 0.05) is 25.7 Å². The Hall–Kier alpha value is -0.160. The molecular formula is C14H28N2O2. The first-order chi connectivity index (χ1) is 8.78. The Morgan fingerprint density at radius 3 is 2.61 bits per heavy atom. The zero-order valence-electron chi connectivity index (χ0n) is 11.6. The predicted molar refractivity (Wildman–Crippen MR) is 72.7 cm³/mol. The molecule has 1 saturated carbocycles. The number of likely N-dealkylation sites (tertiary alicyclic amines) is 1. The molecule has 1 unspecified atom stereocenters. The normalized spacial score (nSPS) is 24.3. The largest absolute Gasteiger partial charge is 0.394 e. The highest BCUT2D eigenvalue weighted by Crippen LogP contribution is 2.19. The molecule has 0 aromatic carbocycles. The SMILES string of the molecule is CC(CNC1CC1)CN1CCC(OCCO)CC1. The molecule has 2 fully saturated rings. The second kappa shape index (κ2) is 7.43. The van der Waals surface area contributed by atoms with Crippen LogP contribution in [-0.2, 0) is 4.74 Å². The zero-order chi connectivity index (χ0) is 12.8. The molecule has 1 atom stereocenters. The lowest BCUT2D eigenvalue weighted by Crippen LogP contribution is -2.41. The van der Waals surface area contributed by atoms with Crippen LogP contribution in [0.3, 0.4) is 0 Å². The van der Waals surface area contributed by atoms with Gasteiger partial charge in [0.25, 0.3) is 0 Å². The number of hydrogen-bond donors (Lipinski definition) is 2. The van der Waals surface area contributed by atoms with Crippen LogP contribution < -0.4 is 5.32 Å². The molecule has 1 aliphatic heterocycles. The van der Waals surface area contributed by atoms with Gasteiger partial charge in [-0.1, -0.05) is 6.92 Å². The Kier molecular flexibility index (Phi) is 5.89. The molecule has 0 spiro atoms. The van der Waals surface area contributed by atoms with E-state index in [9.17, 15) is 0 Å². The fraction of sp³-hybridized carbons (Fsp3) is 1.00. The maximum atomic E-state index is 8.73. The smallest absolute Gasteiger partial charge is 0.0701 e. The van der Waals surface area contributed by atoms with Crippen molar-refractivity contribution in [2.24, 2.45) is 5.92 Å². The first kappa shape index (κ1) is 14.3. The van der Waals surface area contributed by atoms with Crippen molar-refractivity contribution in [2.45, 2.75) is 44.8 Å². The summed E-state index contributed by atoms with van der Waals surface area (Å²) in [5, 5.41) is 12.3. The Morgan fingerprint density at radius 1 is 1.28 bits per heavy atom. The summed E-state index contributed by atoms with van der Waals surface area (Å²) in [5.41, 5.74) is 0. The second-order valence-electron chi connectivity index (χ2n) is 5.88. The number of hydrogen-bond acceptors (Lipinski definition) is 4. The van der Waals surface area contributed by atoms with Gasteiger partial charge in [-0.15, -0.1) is 0 Å². The van der Waals surface area contributed by atoms with Gasteiger partial charge in [0.15, 0.2) is 0 Å². The first-order valence-corrected chi connectivity index (χ1v) is 7.46. The van der Waals surface area contributed by atoms with Gasteiger partial charge >= 0.3 is 0 Å². The van der Waals surface area contributed by atoms with Crippen LogP contribution in [-0.4, -0.2) is 61.5 Å². The molecule has 0 bridgehead atoms. The van der Waals surface area contributed by atoms with Crippen LogP contribution in [0.1, 0.15) is 32.6 Å². The van der Waals surface area contributed by atoms with Crippen molar-refractivity contribution in [3.05, 3.63) is 0 Å². The molecule has 1 saturated heterocycles. The summed E-state index contributed by atoms with van der Waals surface area (Å²) < 4.78 is 5.58. The molecule has 1 heterocycles. The van der Waals surface area contributed by atoms with E-state index in [0.29, 0.717) is 12.7 Å². The van der Waals surface area contributed by atoms with Gasteiger partial charge in [-0.3, -0.25) is 0 Å². The lowest BCUT2D eigenvalue weighted by molar-refractivity contribution is -0.00956. The lowest BCUT2D eigenvalue weighted by atomic mass is 10.1. The van der Waals surface area contributed by atoms with Crippen molar-refractivity contribution in [1.29, 1.82) is 0 Å². The van der Waals surface area contributed by atoms with Crippen molar-refractivity contribution < 1.29 is 9.84 Å². The summed E-state index contributed by atoms with van der Waals surface area (Å²) in [6.07, 6.45) is 5.35. The molecule has 0 aromatic rings. The zero-order valence-corrected chi connectivity index (χ0v) is 11.6. The van der Waals surface area contributed by atoms with Gasteiger partial charge in [-0.05, 0) is 38.1 Å². The number of nitrogens with one attached hydrogen (secondary N) is 1. The fourth-order valence-corrected chi connectivity index (χ4v) is 2.64. The van der Waals surface area contributed by atoms with E-state index in [0.717, 1.165) is 44.4 Å². The van der Waals surface area contributed by atoms with E-state index in [1.807, 2.05) is 0 Å². The predicted octanol–water partition coefficient (Wildman–Crippen LogP) is 0.848. The van der Waals surface area contributed by atoms with Crippen LogP contribution in [0.15, 0.2) is 0 Å². The maximum absolute atomic E-state index is 8.73. The Balaban J connectivity index is 1.54. The molecule has 2 N–H and O–H groups in total. The minimum atomic E-state index is 0.143. The van der Waals surface area contributed by atoms with Crippen molar-refractivity contribution in [2.75, 3.05) is 39.4 Å². The summed E-state index contributed by atoms with van der Waals surface area (Å²) in [6, 6.07) is 0.824. The summed E-state index contributed by atoms with van der Waals surface area (Å²) in [7, 11) is 0. The van der Waals surface area contributed by atoms with E-state index in [-0.39, 0.29) is 6.61 Å². The highest BCUT2D eigenvalue weighted by Gasteiger charge is 2.23. The van der Waals surface area contributed by atoms with Crippen LogP contribution in [0.4, 0.5) is 0 Å². The van der Waals surface area contributed by atoms with Crippen LogP contribution in [0.2, 0.25) is 0 Å². The molecule has 2 rings (SSSR count). The number of rotatable bonds is 8. The molecule has 4 heteroatoms. The summed E-state index contributed by atoms with van der Waals surface area (Å²) in [6.45, 7) is 7.62.